The molecule has 8 heteroatoms. The van der Waals surface area contributed by atoms with E-state index in [0.29, 0.717) is 5.69 Å². The van der Waals surface area contributed by atoms with E-state index in [2.05, 4.69) is 10.1 Å². The maximum absolute atomic E-state index is 12.2. The summed E-state index contributed by atoms with van der Waals surface area (Å²) >= 11 is 5.36. The van der Waals surface area contributed by atoms with Crippen molar-refractivity contribution in [1.82, 2.24) is 0 Å². The molecule has 0 bridgehead atoms. The SMILES string of the molecule is CN(C)c1ccc(OCC(F)(F)F)c(NC(=O)CCl)c1. The van der Waals surface area contributed by atoms with Crippen molar-refractivity contribution in [3.63, 3.8) is 0 Å². The molecule has 1 aromatic carbocycles. The summed E-state index contributed by atoms with van der Waals surface area (Å²) in [5.41, 5.74) is 0.848. The highest BCUT2D eigenvalue weighted by Crippen LogP contribution is 2.30. The number of carbonyl (C=O) groups excluding carboxylic acids is 1. The van der Waals surface area contributed by atoms with Crippen LogP contribution in [0.1, 0.15) is 0 Å². The van der Waals surface area contributed by atoms with Crippen molar-refractivity contribution in [2.24, 2.45) is 0 Å². The lowest BCUT2D eigenvalue weighted by Gasteiger charge is -2.18. The fourth-order valence-electron chi connectivity index (χ4n) is 1.36. The maximum Gasteiger partial charge on any atom is 0.422 e. The Morgan fingerprint density at radius 3 is 2.55 bits per heavy atom. The van der Waals surface area contributed by atoms with E-state index in [-0.39, 0.29) is 17.3 Å². The Morgan fingerprint density at radius 2 is 2.05 bits per heavy atom. The second-order valence-corrected chi connectivity index (χ2v) is 4.43. The van der Waals surface area contributed by atoms with Gasteiger partial charge in [0, 0.05) is 19.8 Å². The predicted molar refractivity (Wildman–Crippen MR) is 71.7 cm³/mol. The summed E-state index contributed by atoms with van der Waals surface area (Å²) in [5, 5.41) is 2.40. The molecule has 0 heterocycles. The van der Waals surface area contributed by atoms with Gasteiger partial charge in [-0.3, -0.25) is 4.79 Å². The molecule has 0 atom stereocenters. The topological polar surface area (TPSA) is 41.6 Å². The van der Waals surface area contributed by atoms with Crippen molar-refractivity contribution in [2.75, 3.05) is 36.8 Å². The Labute approximate surface area is 119 Å². The van der Waals surface area contributed by atoms with Crippen LogP contribution >= 0.6 is 11.6 Å². The van der Waals surface area contributed by atoms with Crippen LogP contribution in [0, 0.1) is 0 Å². The van der Waals surface area contributed by atoms with Crippen LogP contribution in [0.5, 0.6) is 5.75 Å². The summed E-state index contributed by atoms with van der Waals surface area (Å²) in [6, 6.07) is 4.46. The molecule has 0 fully saturated rings. The van der Waals surface area contributed by atoms with Gasteiger partial charge in [-0.2, -0.15) is 13.2 Å². The zero-order valence-electron chi connectivity index (χ0n) is 10.9. The largest absolute Gasteiger partial charge is 0.482 e. The second kappa shape index (κ2) is 6.69. The number of hydrogen-bond donors (Lipinski definition) is 1. The predicted octanol–water partition coefficient (Wildman–Crippen LogP) is 2.87. The molecular weight excluding hydrogens is 297 g/mol. The minimum absolute atomic E-state index is 0.0635. The zero-order chi connectivity index (χ0) is 15.3. The van der Waals surface area contributed by atoms with Gasteiger partial charge in [0.1, 0.15) is 11.6 Å². The van der Waals surface area contributed by atoms with Crippen LogP contribution in [0.25, 0.3) is 0 Å². The van der Waals surface area contributed by atoms with E-state index in [0.717, 1.165) is 0 Å². The van der Waals surface area contributed by atoms with Crippen LogP contribution in [0.3, 0.4) is 0 Å². The van der Waals surface area contributed by atoms with Gasteiger partial charge in [0.05, 0.1) is 5.69 Å². The molecular formula is C12H14ClF3N2O2. The van der Waals surface area contributed by atoms with Gasteiger partial charge in [0.2, 0.25) is 5.91 Å². The highest BCUT2D eigenvalue weighted by molar-refractivity contribution is 6.29. The molecule has 0 aliphatic carbocycles. The quantitative estimate of drug-likeness (QED) is 0.850. The number of nitrogens with zero attached hydrogens (tertiary/aromatic N) is 1. The third-order valence-electron chi connectivity index (χ3n) is 2.27. The van der Waals surface area contributed by atoms with Crippen LogP contribution in [-0.2, 0) is 4.79 Å². The molecule has 1 rings (SSSR count). The standard InChI is InChI=1S/C12H14ClF3N2O2/c1-18(2)8-3-4-10(20-7-12(14,15)16)9(5-8)17-11(19)6-13/h3-5H,6-7H2,1-2H3,(H,17,19). The molecule has 0 saturated heterocycles. The summed E-state index contributed by atoms with van der Waals surface area (Å²) in [7, 11) is 3.53. The lowest BCUT2D eigenvalue weighted by atomic mass is 10.2. The molecule has 1 N–H and O–H groups in total. The van der Waals surface area contributed by atoms with Crippen LogP contribution in [0.2, 0.25) is 0 Å². The van der Waals surface area contributed by atoms with Crippen LogP contribution < -0.4 is 15.0 Å². The highest BCUT2D eigenvalue weighted by atomic mass is 35.5. The number of amides is 1. The minimum Gasteiger partial charge on any atom is -0.482 e. The van der Waals surface area contributed by atoms with Gasteiger partial charge in [-0.15, -0.1) is 11.6 Å². The van der Waals surface area contributed by atoms with Crippen molar-refractivity contribution in [2.45, 2.75) is 6.18 Å². The monoisotopic (exact) mass is 310 g/mol. The third-order valence-corrected chi connectivity index (χ3v) is 2.51. The third kappa shape index (κ3) is 5.16. The number of hydrogen-bond acceptors (Lipinski definition) is 3. The molecule has 0 aliphatic heterocycles. The van der Waals surface area contributed by atoms with Crippen LogP contribution in [0.4, 0.5) is 24.5 Å². The summed E-state index contributed by atoms with van der Waals surface area (Å²) in [6.07, 6.45) is -4.45. The second-order valence-electron chi connectivity index (χ2n) is 4.16. The van der Waals surface area contributed by atoms with E-state index in [1.807, 2.05) is 0 Å². The van der Waals surface area contributed by atoms with Gasteiger partial charge >= 0.3 is 6.18 Å². The molecule has 0 saturated carbocycles. The van der Waals surface area contributed by atoms with Gasteiger partial charge < -0.3 is 15.0 Å². The van der Waals surface area contributed by atoms with Crippen molar-refractivity contribution < 1.29 is 22.7 Å². The normalized spacial score (nSPS) is 11.1. The Kier molecular flexibility index (Phi) is 5.50. The molecule has 0 aliphatic rings. The molecule has 0 aromatic heterocycles. The molecule has 0 spiro atoms. The average molecular weight is 311 g/mol. The van der Waals surface area contributed by atoms with Crippen LogP contribution in [0.15, 0.2) is 18.2 Å². The first-order chi connectivity index (χ1) is 9.23. The Hall–Kier alpha value is -1.63. The van der Waals surface area contributed by atoms with Gasteiger partial charge in [0.15, 0.2) is 6.61 Å². The molecule has 0 radical (unpaired) electrons. The fraction of sp³-hybridized carbons (Fsp3) is 0.417. The number of ether oxygens (including phenoxy) is 1. The van der Waals surface area contributed by atoms with E-state index < -0.39 is 18.7 Å². The first-order valence-corrected chi connectivity index (χ1v) is 6.13. The molecule has 4 nitrogen and oxygen atoms in total. The average Bonchev–Trinajstić information content (AvgIpc) is 2.35. The zero-order valence-corrected chi connectivity index (χ0v) is 11.7. The molecule has 1 aromatic rings. The van der Waals surface area contributed by atoms with Crippen molar-refractivity contribution in [3.05, 3.63) is 18.2 Å². The fourth-order valence-corrected chi connectivity index (χ4v) is 1.43. The van der Waals surface area contributed by atoms with E-state index >= 15 is 0 Å². The number of anilines is 2. The van der Waals surface area contributed by atoms with E-state index in [1.54, 1.807) is 25.1 Å². The van der Waals surface area contributed by atoms with Crippen LogP contribution in [-0.4, -0.2) is 38.7 Å². The summed E-state index contributed by atoms with van der Waals surface area (Å²) in [6.45, 7) is -1.43. The molecule has 1 amide bonds. The molecule has 20 heavy (non-hydrogen) atoms. The number of halogens is 4. The minimum atomic E-state index is -4.45. The van der Waals surface area contributed by atoms with Gasteiger partial charge in [-0.1, -0.05) is 0 Å². The first-order valence-electron chi connectivity index (χ1n) is 5.59. The van der Waals surface area contributed by atoms with Gasteiger partial charge in [-0.25, -0.2) is 0 Å². The first kappa shape index (κ1) is 16.4. The smallest absolute Gasteiger partial charge is 0.422 e. The summed E-state index contributed by atoms with van der Waals surface area (Å²) in [5.74, 6) is -0.893. The number of nitrogens with one attached hydrogen (secondary N) is 1. The summed E-state index contributed by atoms with van der Waals surface area (Å²) < 4.78 is 41.2. The number of alkyl halides is 4. The summed E-state index contributed by atoms with van der Waals surface area (Å²) in [4.78, 5) is 13.0. The van der Waals surface area contributed by atoms with E-state index in [4.69, 9.17) is 11.6 Å². The van der Waals surface area contributed by atoms with E-state index in [9.17, 15) is 18.0 Å². The molecule has 112 valence electrons. The van der Waals surface area contributed by atoms with Crippen molar-refractivity contribution in [1.29, 1.82) is 0 Å². The number of rotatable bonds is 5. The molecule has 0 unspecified atom stereocenters. The Balaban J connectivity index is 2.99. The van der Waals surface area contributed by atoms with Crippen molar-refractivity contribution in [3.8, 4) is 5.75 Å². The number of carbonyl (C=O) groups is 1. The Morgan fingerprint density at radius 1 is 1.40 bits per heavy atom. The number of benzene rings is 1. The van der Waals surface area contributed by atoms with E-state index in [1.165, 1.54) is 12.1 Å². The van der Waals surface area contributed by atoms with Gasteiger partial charge in [-0.05, 0) is 18.2 Å². The Bertz CT molecular complexity index is 478. The lowest BCUT2D eigenvalue weighted by molar-refractivity contribution is -0.153. The van der Waals surface area contributed by atoms with Gasteiger partial charge in [0.25, 0.3) is 0 Å². The maximum atomic E-state index is 12.2. The lowest BCUT2D eigenvalue weighted by Crippen LogP contribution is -2.21. The van der Waals surface area contributed by atoms with Crippen molar-refractivity contribution >= 4 is 28.9 Å². The highest BCUT2D eigenvalue weighted by Gasteiger charge is 2.29.